The van der Waals surface area contributed by atoms with E-state index in [0.29, 0.717) is 17.4 Å². The minimum Gasteiger partial charge on any atom is -0.480 e. The van der Waals surface area contributed by atoms with Crippen LogP contribution in [0.3, 0.4) is 0 Å². The number of nitrogens with one attached hydrogen (secondary N) is 3. The Bertz CT molecular complexity index is 1220. The van der Waals surface area contributed by atoms with Crippen LogP contribution in [0.4, 0.5) is 23.1 Å². The summed E-state index contributed by atoms with van der Waals surface area (Å²) in [7, 11) is -0.663. The van der Waals surface area contributed by atoms with Crippen LogP contribution in [0.15, 0.2) is 35.2 Å². The Kier molecular flexibility index (Phi) is 6.25. The van der Waals surface area contributed by atoms with Crippen molar-refractivity contribution in [1.82, 2.24) is 30.7 Å². The molecule has 0 aliphatic carbocycles. The molecule has 3 aromatic heterocycles. The average Bonchev–Trinajstić information content (AvgIpc) is 2.73. The second-order valence-electron chi connectivity index (χ2n) is 6.35. The van der Waals surface area contributed by atoms with Crippen LogP contribution in [0, 0.1) is 6.92 Å². The standard InChI is InChI=1S/C18H20N8O4S/c1-10-5-6-12(31(4,28)29)17(20-10)21-11-9-14(24-26-16(11)18(27)19-2)22-13-7-8-15(30-3)25-23-13/h5-9H,1-4H3,(H,19,27)(H2,20,21,22,23,24). The van der Waals surface area contributed by atoms with Gasteiger partial charge in [-0.1, -0.05) is 0 Å². The fourth-order valence-electron chi connectivity index (χ4n) is 2.52. The van der Waals surface area contributed by atoms with Gasteiger partial charge in [0, 0.05) is 31.1 Å². The van der Waals surface area contributed by atoms with Crippen molar-refractivity contribution >= 4 is 38.9 Å². The molecule has 3 heterocycles. The second-order valence-corrected chi connectivity index (χ2v) is 8.34. The topological polar surface area (TPSA) is 161 Å². The van der Waals surface area contributed by atoms with Crippen LogP contribution < -0.4 is 20.7 Å². The van der Waals surface area contributed by atoms with Crippen molar-refractivity contribution in [3.63, 3.8) is 0 Å². The highest BCUT2D eigenvalue weighted by Gasteiger charge is 2.20. The molecule has 162 valence electrons. The van der Waals surface area contributed by atoms with E-state index in [0.717, 1.165) is 6.26 Å². The molecule has 13 heteroatoms. The minimum absolute atomic E-state index is 0.0201. The Labute approximate surface area is 178 Å². The van der Waals surface area contributed by atoms with Gasteiger partial charge in [-0.3, -0.25) is 4.79 Å². The van der Waals surface area contributed by atoms with Crippen molar-refractivity contribution in [1.29, 1.82) is 0 Å². The van der Waals surface area contributed by atoms with E-state index in [4.69, 9.17) is 4.74 Å². The number of carbonyl (C=O) groups is 1. The number of aryl methyl sites for hydroxylation is 1. The number of ether oxygens (including phenoxy) is 1. The van der Waals surface area contributed by atoms with Gasteiger partial charge >= 0.3 is 0 Å². The van der Waals surface area contributed by atoms with E-state index in [9.17, 15) is 13.2 Å². The number of pyridine rings is 1. The summed E-state index contributed by atoms with van der Waals surface area (Å²) in [6.07, 6.45) is 1.07. The minimum atomic E-state index is -3.58. The van der Waals surface area contributed by atoms with Gasteiger partial charge in [-0.25, -0.2) is 13.4 Å². The molecule has 12 nitrogen and oxygen atoms in total. The van der Waals surface area contributed by atoms with E-state index in [1.165, 1.54) is 26.3 Å². The normalized spacial score (nSPS) is 11.0. The Morgan fingerprint density at radius 1 is 1.00 bits per heavy atom. The molecule has 3 rings (SSSR count). The number of aromatic nitrogens is 5. The number of sulfone groups is 1. The molecule has 3 aromatic rings. The van der Waals surface area contributed by atoms with Crippen LogP contribution in [0.2, 0.25) is 0 Å². The van der Waals surface area contributed by atoms with Crippen LogP contribution in [0.5, 0.6) is 5.88 Å². The molecule has 0 aliphatic rings. The van der Waals surface area contributed by atoms with Gasteiger partial charge < -0.3 is 20.7 Å². The predicted molar refractivity (Wildman–Crippen MR) is 113 cm³/mol. The number of nitrogens with zero attached hydrogens (tertiary/aromatic N) is 5. The summed E-state index contributed by atoms with van der Waals surface area (Å²) in [5.41, 5.74) is 0.739. The third kappa shape index (κ3) is 5.19. The predicted octanol–water partition coefficient (Wildman–Crippen LogP) is 1.23. The Morgan fingerprint density at radius 3 is 2.35 bits per heavy atom. The lowest BCUT2D eigenvalue weighted by Gasteiger charge is -2.14. The van der Waals surface area contributed by atoms with E-state index in [-0.39, 0.29) is 27.9 Å². The number of methoxy groups -OCH3 is 1. The maximum Gasteiger partial charge on any atom is 0.273 e. The molecule has 0 aromatic carbocycles. The number of rotatable bonds is 7. The number of hydrogen-bond donors (Lipinski definition) is 3. The van der Waals surface area contributed by atoms with Crippen molar-refractivity contribution in [2.75, 3.05) is 31.0 Å². The lowest BCUT2D eigenvalue weighted by atomic mass is 10.2. The molecular formula is C18H20N8O4S. The van der Waals surface area contributed by atoms with Crippen molar-refractivity contribution in [2.24, 2.45) is 0 Å². The van der Waals surface area contributed by atoms with Gasteiger partial charge in [0.2, 0.25) is 5.88 Å². The first-order chi connectivity index (χ1) is 14.7. The number of anilines is 4. The molecule has 31 heavy (non-hydrogen) atoms. The van der Waals surface area contributed by atoms with Crippen molar-refractivity contribution in [3.05, 3.63) is 41.7 Å². The number of hydrogen-bond acceptors (Lipinski definition) is 11. The van der Waals surface area contributed by atoms with Gasteiger partial charge in [-0.15, -0.1) is 20.4 Å². The summed E-state index contributed by atoms with van der Waals surface area (Å²) < 4.78 is 29.3. The highest BCUT2D eigenvalue weighted by atomic mass is 32.2. The van der Waals surface area contributed by atoms with E-state index in [1.807, 2.05) is 0 Å². The number of carbonyl (C=O) groups excluding carboxylic acids is 1. The zero-order chi connectivity index (χ0) is 22.6. The summed E-state index contributed by atoms with van der Waals surface area (Å²) in [5, 5.41) is 24.0. The van der Waals surface area contributed by atoms with Gasteiger partial charge in [0.25, 0.3) is 5.91 Å². The van der Waals surface area contributed by atoms with E-state index in [1.54, 1.807) is 25.1 Å². The zero-order valence-electron chi connectivity index (χ0n) is 17.2. The molecule has 0 radical (unpaired) electrons. The van der Waals surface area contributed by atoms with Gasteiger partial charge in [0.15, 0.2) is 27.2 Å². The summed E-state index contributed by atoms with van der Waals surface area (Å²) >= 11 is 0. The lowest BCUT2D eigenvalue weighted by Crippen LogP contribution is -2.22. The molecular weight excluding hydrogens is 424 g/mol. The largest absolute Gasteiger partial charge is 0.480 e. The van der Waals surface area contributed by atoms with Gasteiger partial charge in [0.05, 0.1) is 12.8 Å². The lowest BCUT2D eigenvalue weighted by molar-refractivity contribution is 0.0958. The smallest absolute Gasteiger partial charge is 0.273 e. The average molecular weight is 444 g/mol. The molecule has 0 saturated carbocycles. The van der Waals surface area contributed by atoms with Crippen LogP contribution in [-0.2, 0) is 9.84 Å². The fourth-order valence-corrected chi connectivity index (χ4v) is 3.28. The number of amides is 1. The molecule has 0 aliphatic heterocycles. The highest BCUT2D eigenvalue weighted by molar-refractivity contribution is 7.90. The van der Waals surface area contributed by atoms with E-state index in [2.05, 4.69) is 41.3 Å². The molecule has 1 amide bonds. The van der Waals surface area contributed by atoms with Crippen LogP contribution in [0.25, 0.3) is 0 Å². The van der Waals surface area contributed by atoms with E-state index >= 15 is 0 Å². The fraction of sp³-hybridized carbons (Fsp3) is 0.222. The first kappa shape index (κ1) is 21.8. The molecule has 0 spiro atoms. The van der Waals surface area contributed by atoms with Gasteiger partial charge in [-0.05, 0) is 25.1 Å². The monoisotopic (exact) mass is 444 g/mol. The zero-order valence-corrected chi connectivity index (χ0v) is 18.0. The van der Waals surface area contributed by atoms with Gasteiger partial charge in [0.1, 0.15) is 10.7 Å². The third-order valence-electron chi connectivity index (χ3n) is 3.99. The second kappa shape index (κ2) is 8.87. The third-order valence-corrected chi connectivity index (χ3v) is 5.12. The van der Waals surface area contributed by atoms with Crippen LogP contribution >= 0.6 is 0 Å². The SMILES string of the molecule is CNC(=O)c1nnc(Nc2ccc(OC)nn2)cc1Nc1nc(C)ccc1S(C)(=O)=O. The highest BCUT2D eigenvalue weighted by Crippen LogP contribution is 2.27. The Hall–Kier alpha value is -3.87. The van der Waals surface area contributed by atoms with E-state index < -0.39 is 15.7 Å². The summed E-state index contributed by atoms with van der Waals surface area (Å²) in [6, 6.07) is 7.74. The maximum atomic E-state index is 12.3. The molecule has 3 N–H and O–H groups in total. The quantitative estimate of drug-likeness (QED) is 0.480. The van der Waals surface area contributed by atoms with Gasteiger partial charge in [-0.2, -0.15) is 0 Å². The molecule has 0 atom stereocenters. The summed E-state index contributed by atoms with van der Waals surface area (Å²) in [5.74, 6) is 0.491. The summed E-state index contributed by atoms with van der Waals surface area (Å²) in [4.78, 5) is 16.5. The maximum absolute atomic E-state index is 12.3. The van der Waals surface area contributed by atoms with Crippen LogP contribution in [-0.4, -0.2) is 60.1 Å². The summed E-state index contributed by atoms with van der Waals surface area (Å²) in [6.45, 7) is 1.72. The molecule has 0 unspecified atom stereocenters. The molecule has 0 saturated heterocycles. The van der Waals surface area contributed by atoms with Crippen molar-refractivity contribution in [3.8, 4) is 5.88 Å². The molecule has 0 fully saturated rings. The van der Waals surface area contributed by atoms with Crippen molar-refractivity contribution in [2.45, 2.75) is 11.8 Å². The Morgan fingerprint density at radius 2 is 1.74 bits per heavy atom. The van der Waals surface area contributed by atoms with Crippen molar-refractivity contribution < 1.29 is 17.9 Å². The van der Waals surface area contributed by atoms with Crippen LogP contribution in [0.1, 0.15) is 16.2 Å². The Balaban J connectivity index is 2.02. The molecule has 0 bridgehead atoms. The first-order valence-corrected chi connectivity index (χ1v) is 10.8. The first-order valence-electron chi connectivity index (χ1n) is 8.90.